The molecule has 0 radical (unpaired) electrons. The topological polar surface area (TPSA) is 56.7 Å². The maximum absolute atomic E-state index is 5.50. The molecule has 0 fully saturated rings. The lowest BCUT2D eigenvalue weighted by molar-refractivity contribution is 0.432. The van der Waals surface area contributed by atoms with Gasteiger partial charge in [-0.05, 0) is 37.6 Å². The summed E-state index contributed by atoms with van der Waals surface area (Å²) in [6.07, 6.45) is 1.79. The number of hydrogen-bond donors (Lipinski definition) is 0. The van der Waals surface area contributed by atoms with Gasteiger partial charge in [-0.25, -0.2) is 0 Å². The fraction of sp³-hybridized carbons (Fsp3) is 0.150. The molecule has 2 heterocycles. The third-order valence-corrected chi connectivity index (χ3v) is 4.28. The number of aromatic nitrogens is 4. The van der Waals surface area contributed by atoms with Crippen LogP contribution in [0.15, 0.2) is 59.3 Å². The van der Waals surface area contributed by atoms with E-state index in [9.17, 15) is 0 Å². The van der Waals surface area contributed by atoms with Crippen LogP contribution in [0.25, 0.3) is 34.1 Å². The van der Waals surface area contributed by atoms with Crippen LogP contribution < -0.4 is 0 Å². The minimum Gasteiger partial charge on any atom is -0.334 e. The molecule has 4 aromatic rings. The van der Waals surface area contributed by atoms with E-state index in [1.165, 1.54) is 5.56 Å². The summed E-state index contributed by atoms with van der Waals surface area (Å²) in [6.45, 7) is 4.12. The Morgan fingerprint density at radius 2 is 1.80 bits per heavy atom. The SMILES string of the molecule is Cc1ccc(-c2nc(-c3cccc(-c4ccnn4C)c3)no2)c(C)c1. The molecule has 4 rings (SSSR count). The average Bonchev–Trinajstić information content (AvgIpc) is 3.24. The van der Waals surface area contributed by atoms with Gasteiger partial charge < -0.3 is 4.52 Å². The standard InChI is InChI=1S/C20H18N4O/c1-13-7-8-17(14(2)11-13)20-22-19(23-25-20)16-6-4-5-15(12-16)18-9-10-21-24(18)3/h4-12H,1-3H3. The predicted molar refractivity (Wildman–Crippen MR) is 96.8 cm³/mol. The largest absolute Gasteiger partial charge is 0.334 e. The van der Waals surface area contributed by atoms with Crippen LogP contribution in [0.1, 0.15) is 11.1 Å². The number of rotatable bonds is 3. The van der Waals surface area contributed by atoms with Crippen molar-refractivity contribution < 1.29 is 4.52 Å². The van der Waals surface area contributed by atoms with Crippen molar-refractivity contribution >= 4 is 0 Å². The quantitative estimate of drug-likeness (QED) is 0.558. The Hall–Kier alpha value is -3.21. The van der Waals surface area contributed by atoms with E-state index in [1.807, 2.05) is 48.1 Å². The van der Waals surface area contributed by atoms with E-state index in [-0.39, 0.29) is 0 Å². The number of hydrogen-bond acceptors (Lipinski definition) is 4. The fourth-order valence-electron chi connectivity index (χ4n) is 2.98. The molecule has 25 heavy (non-hydrogen) atoms. The Kier molecular flexibility index (Phi) is 3.69. The van der Waals surface area contributed by atoms with Gasteiger partial charge in [0, 0.05) is 29.9 Å². The first-order valence-corrected chi connectivity index (χ1v) is 8.12. The Balaban J connectivity index is 1.72. The average molecular weight is 330 g/mol. The molecular weight excluding hydrogens is 312 g/mol. The summed E-state index contributed by atoms with van der Waals surface area (Å²) in [7, 11) is 1.93. The third-order valence-electron chi connectivity index (χ3n) is 4.28. The van der Waals surface area contributed by atoms with Crippen molar-refractivity contribution in [2.75, 3.05) is 0 Å². The summed E-state index contributed by atoms with van der Waals surface area (Å²) in [5, 5.41) is 8.39. The Morgan fingerprint density at radius 3 is 2.56 bits per heavy atom. The molecule has 0 amide bonds. The molecule has 0 saturated carbocycles. The molecule has 0 N–H and O–H groups in total. The molecule has 0 aliphatic heterocycles. The van der Waals surface area contributed by atoms with Crippen molar-refractivity contribution in [2.24, 2.45) is 7.05 Å². The van der Waals surface area contributed by atoms with Crippen LogP contribution in [-0.4, -0.2) is 19.9 Å². The van der Waals surface area contributed by atoms with Crippen LogP contribution >= 0.6 is 0 Å². The molecule has 0 spiro atoms. The molecule has 0 saturated heterocycles. The van der Waals surface area contributed by atoms with Gasteiger partial charge in [0.1, 0.15) is 0 Å². The van der Waals surface area contributed by atoms with Gasteiger partial charge in [-0.3, -0.25) is 4.68 Å². The van der Waals surface area contributed by atoms with Crippen molar-refractivity contribution in [1.82, 2.24) is 19.9 Å². The molecule has 0 bridgehead atoms. The smallest absolute Gasteiger partial charge is 0.258 e. The van der Waals surface area contributed by atoms with Crippen LogP contribution in [0.2, 0.25) is 0 Å². The zero-order chi connectivity index (χ0) is 17.4. The van der Waals surface area contributed by atoms with Crippen LogP contribution in [0.3, 0.4) is 0 Å². The highest BCUT2D eigenvalue weighted by atomic mass is 16.5. The van der Waals surface area contributed by atoms with Gasteiger partial charge in [0.25, 0.3) is 5.89 Å². The summed E-state index contributed by atoms with van der Waals surface area (Å²) >= 11 is 0. The zero-order valence-electron chi connectivity index (χ0n) is 14.4. The Labute approximate surface area is 145 Å². The van der Waals surface area contributed by atoms with Crippen molar-refractivity contribution in [3.05, 3.63) is 65.9 Å². The van der Waals surface area contributed by atoms with Crippen LogP contribution in [0.5, 0.6) is 0 Å². The van der Waals surface area contributed by atoms with Crippen molar-refractivity contribution in [1.29, 1.82) is 0 Å². The van der Waals surface area contributed by atoms with Gasteiger partial charge in [-0.2, -0.15) is 10.1 Å². The molecule has 2 aromatic heterocycles. The maximum atomic E-state index is 5.50. The lowest BCUT2D eigenvalue weighted by Crippen LogP contribution is -1.93. The first-order chi connectivity index (χ1) is 12.1. The molecule has 0 aliphatic rings. The fourth-order valence-corrected chi connectivity index (χ4v) is 2.98. The number of nitrogens with zero attached hydrogens (tertiary/aromatic N) is 4. The van der Waals surface area contributed by atoms with Crippen molar-refractivity contribution in [2.45, 2.75) is 13.8 Å². The van der Waals surface area contributed by atoms with Crippen LogP contribution in [-0.2, 0) is 7.05 Å². The summed E-state index contributed by atoms with van der Waals surface area (Å²) in [4.78, 5) is 4.59. The highest BCUT2D eigenvalue weighted by molar-refractivity contribution is 5.69. The first kappa shape index (κ1) is 15.3. The molecule has 124 valence electrons. The lowest BCUT2D eigenvalue weighted by Gasteiger charge is -2.03. The van der Waals surface area contributed by atoms with E-state index in [0.29, 0.717) is 11.7 Å². The van der Waals surface area contributed by atoms with E-state index < -0.39 is 0 Å². The number of aryl methyl sites for hydroxylation is 3. The summed E-state index contributed by atoms with van der Waals surface area (Å²) in [5.74, 6) is 1.12. The normalized spacial score (nSPS) is 11.0. The second-order valence-corrected chi connectivity index (χ2v) is 6.16. The zero-order valence-corrected chi connectivity index (χ0v) is 14.4. The highest BCUT2D eigenvalue weighted by Gasteiger charge is 2.13. The second kappa shape index (κ2) is 6.02. The van der Waals surface area contributed by atoms with Gasteiger partial charge in [-0.15, -0.1) is 0 Å². The molecule has 0 atom stereocenters. The second-order valence-electron chi connectivity index (χ2n) is 6.16. The van der Waals surface area contributed by atoms with Crippen LogP contribution in [0, 0.1) is 13.8 Å². The van der Waals surface area contributed by atoms with Gasteiger partial charge >= 0.3 is 0 Å². The summed E-state index contributed by atoms with van der Waals surface area (Å²) in [5.41, 5.74) is 6.32. The first-order valence-electron chi connectivity index (χ1n) is 8.12. The molecule has 0 aliphatic carbocycles. The molecule has 0 unspecified atom stereocenters. The van der Waals surface area contributed by atoms with E-state index >= 15 is 0 Å². The van der Waals surface area contributed by atoms with Crippen molar-refractivity contribution in [3.63, 3.8) is 0 Å². The van der Waals surface area contributed by atoms with Crippen LogP contribution in [0.4, 0.5) is 0 Å². The minimum atomic E-state index is 0.540. The third kappa shape index (κ3) is 2.85. The summed E-state index contributed by atoms with van der Waals surface area (Å²) in [6, 6.07) is 16.2. The lowest BCUT2D eigenvalue weighted by atomic mass is 10.1. The molecule has 5 heteroatoms. The van der Waals surface area contributed by atoms with Gasteiger partial charge in [0.05, 0.1) is 5.69 Å². The monoisotopic (exact) mass is 330 g/mol. The highest BCUT2D eigenvalue weighted by Crippen LogP contribution is 2.28. The molecule has 5 nitrogen and oxygen atoms in total. The predicted octanol–water partition coefficient (Wildman–Crippen LogP) is 4.42. The number of benzene rings is 2. The Bertz CT molecular complexity index is 1050. The van der Waals surface area contributed by atoms with E-state index in [4.69, 9.17) is 4.52 Å². The molecule has 2 aromatic carbocycles. The van der Waals surface area contributed by atoms with E-state index in [1.54, 1.807) is 6.20 Å². The minimum absolute atomic E-state index is 0.540. The molecular formula is C20H18N4O. The maximum Gasteiger partial charge on any atom is 0.258 e. The van der Waals surface area contributed by atoms with Crippen molar-refractivity contribution in [3.8, 4) is 34.1 Å². The van der Waals surface area contributed by atoms with Gasteiger partial charge in [0.15, 0.2) is 0 Å². The van der Waals surface area contributed by atoms with Gasteiger partial charge in [0.2, 0.25) is 5.82 Å². The van der Waals surface area contributed by atoms with E-state index in [2.05, 4.69) is 41.2 Å². The Morgan fingerprint density at radius 1 is 0.960 bits per heavy atom. The summed E-state index contributed by atoms with van der Waals surface area (Å²) < 4.78 is 7.35. The van der Waals surface area contributed by atoms with E-state index in [0.717, 1.165) is 27.9 Å². The van der Waals surface area contributed by atoms with Gasteiger partial charge in [-0.1, -0.05) is 41.1 Å².